The van der Waals surface area contributed by atoms with Gasteiger partial charge in [0.25, 0.3) is 0 Å². The summed E-state index contributed by atoms with van der Waals surface area (Å²) in [6, 6.07) is 17.9. The summed E-state index contributed by atoms with van der Waals surface area (Å²) in [7, 11) is 0. The van der Waals surface area contributed by atoms with E-state index in [0.717, 1.165) is 18.9 Å². The lowest BCUT2D eigenvalue weighted by molar-refractivity contribution is 0.414. The van der Waals surface area contributed by atoms with E-state index < -0.39 is 0 Å². The van der Waals surface area contributed by atoms with Crippen LogP contribution in [0.5, 0.6) is 0 Å². The molecule has 0 atom stereocenters. The number of hydrogen-bond acceptors (Lipinski definition) is 2. The lowest BCUT2D eigenvalue weighted by atomic mass is 9.90. The second-order valence-electron chi connectivity index (χ2n) is 7.75. The first kappa shape index (κ1) is 20.4. The Morgan fingerprint density at radius 3 is 2.43 bits per heavy atom. The summed E-state index contributed by atoms with van der Waals surface area (Å²) in [5.74, 6) is 0. The van der Waals surface area contributed by atoms with E-state index in [2.05, 4.69) is 65.5 Å². The predicted molar refractivity (Wildman–Crippen MR) is 122 cm³/mol. The Hall–Kier alpha value is -2.35. The van der Waals surface area contributed by atoms with Crippen molar-refractivity contribution in [1.82, 2.24) is 4.98 Å². The molecule has 5 rings (SSSR count). The van der Waals surface area contributed by atoms with Crippen LogP contribution >= 0.6 is 0 Å². The molecule has 1 aromatic heterocycles. The molecule has 28 heavy (non-hydrogen) atoms. The van der Waals surface area contributed by atoms with Gasteiger partial charge in [0, 0.05) is 41.4 Å². The van der Waals surface area contributed by atoms with Gasteiger partial charge in [0.05, 0.1) is 0 Å². The van der Waals surface area contributed by atoms with Crippen molar-refractivity contribution in [3.8, 4) is 0 Å². The van der Waals surface area contributed by atoms with Gasteiger partial charge in [-0.3, -0.25) is 4.98 Å². The number of benzene rings is 2. The van der Waals surface area contributed by atoms with E-state index in [-0.39, 0.29) is 7.43 Å². The highest BCUT2D eigenvalue weighted by molar-refractivity contribution is 5.97. The number of nitrogens with zero attached hydrogens (tertiary/aromatic N) is 2. The Bertz CT molecular complexity index is 861. The normalized spacial score (nSPS) is 16.1. The van der Waals surface area contributed by atoms with Gasteiger partial charge in [-0.25, -0.2) is 0 Å². The van der Waals surface area contributed by atoms with Crippen molar-refractivity contribution in [2.45, 2.75) is 65.3 Å². The second kappa shape index (κ2) is 9.73. The summed E-state index contributed by atoms with van der Waals surface area (Å²) in [6.07, 6.45) is 13.3. The largest absolute Gasteiger partial charge is 0.368 e. The topological polar surface area (TPSA) is 16.1 Å². The van der Waals surface area contributed by atoms with Crippen molar-refractivity contribution in [3.05, 3.63) is 72.1 Å². The lowest BCUT2D eigenvalue weighted by Gasteiger charge is -2.39. The molecule has 0 unspecified atom stereocenters. The highest BCUT2D eigenvalue weighted by Crippen LogP contribution is 2.37. The molecule has 0 saturated heterocycles. The summed E-state index contributed by atoms with van der Waals surface area (Å²) in [6.45, 7) is 3.33. The van der Waals surface area contributed by atoms with Gasteiger partial charge < -0.3 is 4.90 Å². The summed E-state index contributed by atoms with van der Waals surface area (Å²) in [4.78, 5) is 7.05. The molecule has 2 nitrogen and oxygen atoms in total. The van der Waals surface area contributed by atoms with Crippen molar-refractivity contribution < 1.29 is 0 Å². The van der Waals surface area contributed by atoms with Gasteiger partial charge in [0.1, 0.15) is 0 Å². The predicted octanol–water partition coefficient (Wildman–Crippen LogP) is 6.82. The standard InChI is InChI=1S/C17H20N2.C8H10.CH4/c1-2-6-15(7-3-1)19-10-9-14-12-18-11-13-5-4-8-16(19)17(13)14;1-2-8-6-4-3-5-7-8;/h4-5,8,11-12,15H,1-3,6-7,9-10H2;3-7H,2H2,1H3;1H4. The molecular formula is C26H34N2. The molecular weight excluding hydrogens is 340 g/mol. The first-order valence-electron chi connectivity index (χ1n) is 10.5. The third kappa shape index (κ3) is 4.38. The van der Waals surface area contributed by atoms with E-state index >= 15 is 0 Å². The van der Waals surface area contributed by atoms with Gasteiger partial charge in [-0.15, -0.1) is 0 Å². The molecule has 1 fully saturated rings. The Balaban J connectivity index is 0.000000213. The molecule has 0 amide bonds. The molecule has 0 spiro atoms. The Labute approximate surface area is 170 Å². The smallest absolute Gasteiger partial charge is 0.0452 e. The SMILES string of the molecule is C.CCc1ccccc1.c1cc2c3c(cncc3c1)CCN2C1CCCCC1. The number of anilines is 1. The van der Waals surface area contributed by atoms with E-state index in [0.29, 0.717) is 0 Å². The zero-order valence-electron chi connectivity index (χ0n) is 16.4. The third-order valence-electron chi connectivity index (χ3n) is 6.04. The van der Waals surface area contributed by atoms with Crippen LogP contribution in [0, 0.1) is 0 Å². The van der Waals surface area contributed by atoms with Gasteiger partial charge in [0.2, 0.25) is 0 Å². The van der Waals surface area contributed by atoms with Crippen molar-refractivity contribution >= 4 is 16.5 Å². The van der Waals surface area contributed by atoms with Gasteiger partial charge >= 0.3 is 0 Å². The summed E-state index contributed by atoms with van der Waals surface area (Å²) in [5.41, 5.74) is 4.29. The van der Waals surface area contributed by atoms with E-state index in [9.17, 15) is 0 Å². The Morgan fingerprint density at radius 1 is 0.929 bits per heavy atom. The van der Waals surface area contributed by atoms with Crippen molar-refractivity contribution in [1.29, 1.82) is 0 Å². The fourth-order valence-electron chi connectivity index (χ4n) is 4.56. The molecule has 1 saturated carbocycles. The van der Waals surface area contributed by atoms with Gasteiger partial charge in [-0.1, -0.05) is 76.1 Å². The van der Waals surface area contributed by atoms with Crippen LogP contribution in [0.4, 0.5) is 5.69 Å². The van der Waals surface area contributed by atoms with Crippen LogP contribution in [-0.4, -0.2) is 17.6 Å². The maximum absolute atomic E-state index is 4.38. The van der Waals surface area contributed by atoms with Gasteiger partial charge in [-0.2, -0.15) is 0 Å². The van der Waals surface area contributed by atoms with Crippen molar-refractivity contribution in [2.24, 2.45) is 0 Å². The quantitative estimate of drug-likeness (QED) is 0.489. The molecule has 2 aromatic carbocycles. The van der Waals surface area contributed by atoms with E-state index in [1.54, 1.807) is 0 Å². The molecule has 1 aliphatic carbocycles. The molecule has 0 N–H and O–H groups in total. The highest BCUT2D eigenvalue weighted by atomic mass is 15.2. The number of aryl methyl sites for hydroxylation is 1. The maximum Gasteiger partial charge on any atom is 0.0452 e. The molecule has 2 heterocycles. The third-order valence-corrected chi connectivity index (χ3v) is 6.04. The van der Waals surface area contributed by atoms with E-state index in [1.807, 2.05) is 12.3 Å². The highest BCUT2D eigenvalue weighted by Gasteiger charge is 2.26. The fraction of sp³-hybridized carbons (Fsp3) is 0.423. The minimum atomic E-state index is 0. The monoisotopic (exact) mass is 374 g/mol. The van der Waals surface area contributed by atoms with Crippen LogP contribution in [-0.2, 0) is 12.8 Å². The number of aromatic nitrogens is 1. The van der Waals surface area contributed by atoms with Crippen LogP contribution in [0.1, 0.15) is 57.6 Å². The summed E-state index contributed by atoms with van der Waals surface area (Å²) < 4.78 is 0. The summed E-state index contributed by atoms with van der Waals surface area (Å²) >= 11 is 0. The molecule has 148 valence electrons. The van der Waals surface area contributed by atoms with Gasteiger partial charge in [0.15, 0.2) is 0 Å². The Morgan fingerprint density at radius 2 is 1.71 bits per heavy atom. The lowest BCUT2D eigenvalue weighted by Crippen LogP contribution is -2.40. The zero-order valence-corrected chi connectivity index (χ0v) is 16.4. The molecule has 0 bridgehead atoms. The van der Waals surface area contributed by atoms with E-state index in [1.165, 1.54) is 66.2 Å². The van der Waals surface area contributed by atoms with Crippen LogP contribution in [0.25, 0.3) is 10.8 Å². The molecule has 1 aliphatic heterocycles. The molecule has 0 radical (unpaired) electrons. The van der Waals surface area contributed by atoms with Crippen LogP contribution < -0.4 is 4.90 Å². The average Bonchev–Trinajstić information content (AvgIpc) is 2.76. The average molecular weight is 375 g/mol. The van der Waals surface area contributed by atoms with Crippen LogP contribution in [0.3, 0.4) is 0 Å². The summed E-state index contributed by atoms with van der Waals surface area (Å²) in [5, 5.41) is 2.75. The van der Waals surface area contributed by atoms with Crippen molar-refractivity contribution in [2.75, 3.05) is 11.4 Å². The maximum atomic E-state index is 4.38. The molecule has 3 aromatic rings. The van der Waals surface area contributed by atoms with Crippen LogP contribution in [0.15, 0.2) is 60.9 Å². The minimum Gasteiger partial charge on any atom is -0.368 e. The number of pyridine rings is 1. The first-order valence-corrected chi connectivity index (χ1v) is 10.5. The second-order valence-corrected chi connectivity index (χ2v) is 7.75. The van der Waals surface area contributed by atoms with Gasteiger partial charge in [-0.05, 0) is 42.9 Å². The fourth-order valence-corrected chi connectivity index (χ4v) is 4.56. The van der Waals surface area contributed by atoms with E-state index in [4.69, 9.17) is 0 Å². The first-order chi connectivity index (χ1) is 13.4. The number of rotatable bonds is 2. The molecule has 2 aliphatic rings. The minimum absolute atomic E-state index is 0. The van der Waals surface area contributed by atoms with Crippen molar-refractivity contribution in [3.63, 3.8) is 0 Å². The Kier molecular flexibility index (Phi) is 7.08. The van der Waals surface area contributed by atoms with Crippen LogP contribution in [0.2, 0.25) is 0 Å². The molecule has 2 heteroatoms. The zero-order chi connectivity index (χ0) is 18.5. The number of hydrogen-bond donors (Lipinski definition) is 0.